The molecule has 1 heterocycles. The molecule has 4 nitrogen and oxygen atoms in total. The SMILES string of the molecule is CN(CCCCI)[I-]c1ccn(C)c(=O)c1C#N. The van der Waals surface area contributed by atoms with Crippen LogP contribution in [0.5, 0.6) is 0 Å². The number of aromatic nitrogens is 1. The third-order valence-corrected chi connectivity index (χ3v) is 5.90. The Balaban J connectivity index is 2.76. The van der Waals surface area contributed by atoms with Crippen molar-refractivity contribution >= 4 is 22.6 Å². The summed E-state index contributed by atoms with van der Waals surface area (Å²) in [7, 11) is 3.74. The van der Waals surface area contributed by atoms with Gasteiger partial charge in [0.2, 0.25) is 0 Å². The Bertz CT molecular complexity index is 493. The first-order valence-corrected chi connectivity index (χ1v) is 9.19. The van der Waals surface area contributed by atoms with Crippen molar-refractivity contribution in [2.45, 2.75) is 12.8 Å². The molecular weight excluding hydrogens is 456 g/mol. The minimum absolute atomic E-state index is 0.185. The van der Waals surface area contributed by atoms with Crippen molar-refractivity contribution in [2.24, 2.45) is 7.05 Å². The van der Waals surface area contributed by atoms with Crippen molar-refractivity contribution in [2.75, 3.05) is 18.0 Å². The summed E-state index contributed by atoms with van der Waals surface area (Å²) in [6.45, 7) is 1.04. The molecule has 0 spiro atoms. The van der Waals surface area contributed by atoms with E-state index in [9.17, 15) is 4.79 Å². The average Bonchev–Trinajstić information content (AvgIpc) is 2.35. The summed E-state index contributed by atoms with van der Waals surface area (Å²) in [5, 5.41) is 9.09. The molecule has 0 aliphatic rings. The van der Waals surface area contributed by atoms with Crippen molar-refractivity contribution in [1.82, 2.24) is 7.68 Å². The molecule has 1 aromatic heterocycles. The molecule has 18 heavy (non-hydrogen) atoms. The molecule has 0 N–H and O–H groups in total. The van der Waals surface area contributed by atoms with E-state index in [1.807, 2.05) is 12.1 Å². The Labute approximate surface area is 132 Å². The molecule has 0 fully saturated rings. The summed E-state index contributed by atoms with van der Waals surface area (Å²) < 4.78 is 5.83. The molecule has 0 saturated carbocycles. The van der Waals surface area contributed by atoms with E-state index in [1.54, 1.807) is 13.2 Å². The molecule has 0 saturated heterocycles. The Morgan fingerprint density at radius 1 is 1.56 bits per heavy atom. The van der Waals surface area contributed by atoms with Gasteiger partial charge in [-0.05, 0) is 0 Å². The summed E-state index contributed by atoms with van der Waals surface area (Å²) in [5.74, 6) is 0. The van der Waals surface area contributed by atoms with E-state index in [0.29, 0.717) is 5.56 Å². The van der Waals surface area contributed by atoms with E-state index in [1.165, 1.54) is 21.8 Å². The zero-order valence-corrected chi connectivity index (χ0v) is 14.8. The minimum atomic E-state index is -0.416. The fraction of sp³-hybridized carbons (Fsp3) is 0.500. The summed E-state index contributed by atoms with van der Waals surface area (Å²) in [5.41, 5.74) is 0.129. The second kappa shape index (κ2) is 8.12. The van der Waals surface area contributed by atoms with Crippen LogP contribution in [0.4, 0.5) is 0 Å². The van der Waals surface area contributed by atoms with Crippen molar-refractivity contribution in [3.8, 4) is 6.07 Å². The third kappa shape index (κ3) is 4.51. The van der Waals surface area contributed by atoms with E-state index in [0.717, 1.165) is 10.1 Å². The van der Waals surface area contributed by atoms with E-state index >= 15 is 0 Å². The van der Waals surface area contributed by atoms with Gasteiger partial charge in [0.25, 0.3) is 0 Å². The summed E-state index contributed by atoms with van der Waals surface area (Å²) >= 11 is 1.96. The Hall–Kier alpha value is -0.140. The van der Waals surface area contributed by atoms with Crippen LogP contribution < -0.4 is 27.0 Å². The van der Waals surface area contributed by atoms with E-state index in [-0.39, 0.29) is 5.56 Å². The fourth-order valence-electron chi connectivity index (χ4n) is 1.40. The molecule has 100 valence electrons. The number of nitriles is 1. The standard InChI is InChI=1S/C12H16I2N3O/c1-16-8-5-11(10(9-15)12(16)18)14-17(2)7-4-3-6-13/h5,8H,3-4,6-7H2,1-2H3/q-1. The van der Waals surface area contributed by atoms with Crippen LogP contribution in [-0.4, -0.2) is 25.7 Å². The predicted molar refractivity (Wildman–Crippen MR) is 75.8 cm³/mol. The monoisotopic (exact) mass is 472 g/mol. The molecule has 6 heteroatoms. The van der Waals surface area contributed by atoms with Crippen molar-refractivity contribution in [3.63, 3.8) is 0 Å². The second-order valence-corrected chi connectivity index (χ2v) is 8.25. The number of nitrogens with zero attached hydrogens (tertiary/aromatic N) is 3. The molecular formula is C12H16I2N3O-. The number of alkyl halides is 1. The molecule has 0 bridgehead atoms. The molecule has 0 unspecified atom stereocenters. The summed E-state index contributed by atoms with van der Waals surface area (Å²) in [4.78, 5) is 11.8. The summed E-state index contributed by atoms with van der Waals surface area (Å²) in [6.07, 6.45) is 4.14. The number of unbranched alkanes of at least 4 members (excludes halogenated alkanes) is 1. The zero-order valence-electron chi connectivity index (χ0n) is 10.5. The summed E-state index contributed by atoms with van der Waals surface area (Å²) in [6, 6.07) is 3.95. The Morgan fingerprint density at radius 3 is 2.89 bits per heavy atom. The van der Waals surface area contributed by atoms with Crippen LogP contribution in [0.2, 0.25) is 0 Å². The van der Waals surface area contributed by atoms with Crippen LogP contribution in [0.1, 0.15) is 18.4 Å². The van der Waals surface area contributed by atoms with E-state index < -0.39 is 21.5 Å². The first kappa shape index (κ1) is 15.9. The first-order valence-electron chi connectivity index (χ1n) is 5.62. The molecule has 0 atom stereocenters. The van der Waals surface area contributed by atoms with Crippen LogP contribution in [0.15, 0.2) is 17.1 Å². The quantitative estimate of drug-likeness (QED) is 0.221. The fourth-order valence-corrected chi connectivity index (χ4v) is 4.32. The molecule has 0 amide bonds. The van der Waals surface area contributed by atoms with Gasteiger partial charge in [0.1, 0.15) is 0 Å². The van der Waals surface area contributed by atoms with Crippen LogP contribution in [0.25, 0.3) is 0 Å². The normalized spacial score (nSPS) is 10.8. The Kier molecular flexibility index (Phi) is 7.18. The molecule has 1 aromatic rings. The van der Waals surface area contributed by atoms with Crippen LogP contribution >= 0.6 is 22.6 Å². The van der Waals surface area contributed by atoms with Crippen molar-refractivity contribution in [1.29, 1.82) is 5.26 Å². The van der Waals surface area contributed by atoms with Gasteiger partial charge in [-0.15, -0.1) is 0 Å². The first-order chi connectivity index (χ1) is 8.60. The van der Waals surface area contributed by atoms with Gasteiger partial charge in [-0.1, -0.05) is 0 Å². The maximum absolute atomic E-state index is 11.8. The predicted octanol–water partition coefficient (Wildman–Crippen LogP) is -1.42. The average molecular weight is 472 g/mol. The van der Waals surface area contributed by atoms with Crippen LogP contribution in [-0.2, 0) is 7.05 Å². The molecule has 0 aromatic carbocycles. The Morgan fingerprint density at radius 2 is 2.28 bits per heavy atom. The number of halogens is 2. The maximum atomic E-state index is 11.8. The van der Waals surface area contributed by atoms with Gasteiger partial charge >= 0.3 is 133 Å². The van der Waals surface area contributed by atoms with Gasteiger partial charge in [-0.3, -0.25) is 0 Å². The van der Waals surface area contributed by atoms with Gasteiger partial charge in [0.15, 0.2) is 0 Å². The van der Waals surface area contributed by atoms with Crippen LogP contribution in [0, 0.1) is 14.9 Å². The van der Waals surface area contributed by atoms with Gasteiger partial charge in [0, 0.05) is 0 Å². The van der Waals surface area contributed by atoms with Gasteiger partial charge in [-0.2, -0.15) is 0 Å². The number of hydrogen-bond acceptors (Lipinski definition) is 3. The van der Waals surface area contributed by atoms with Crippen molar-refractivity contribution < 1.29 is 21.5 Å². The molecule has 0 aliphatic heterocycles. The molecule has 0 aliphatic carbocycles. The van der Waals surface area contributed by atoms with E-state index in [4.69, 9.17) is 5.26 Å². The third-order valence-electron chi connectivity index (χ3n) is 2.41. The molecule has 0 radical (unpaired) electrons. The van der Waals surface area contributed by atoms with Crippen LogP contribution in [0.3, 0.4) is 0 Å². The number of aryl methyl sites for hydroxylation is 1. The van der Waals surface area contributed by atoms with Gasteiger partial charge in [-0.25, -0.2) is 0 Å². The second-order valence-electron chi connectivity index (χ2n) is 3.88. The topological polar surface area (TPSA) is 49.0 Å². The van der Waals surface area contributed by atoms with Gasteiger partial charge < -0.3 is 0 Å². The zero-order chi connectivity index (χ0) is 13.5. The molecule has 1 rings (SSSR count). The van der Waals surface area contributed by atoms with Crippen molar-refractivity contribution in [3.05, 3.63) is 31.8 Å². The number of hydrogen-bond donors (Lipinski definition) is 0. The number of rotatable bonds is 6. The number of pyridine rings is 1. The van der Waals surface area contributed by atoms with Gasteiger partial charge in [0.05, 0.1) is 0 Å². The van der Waals surface area contributed by atoms with E-state index in [2.05, 4.69) is 32.8 Å².